The summed E-state index contributed by atoms with van der Waals surface area (Å²) in [5.74, 6) is 1.09. The van der Waals surface area contributed by atoms with Crippen LogP contribution in [0.5, 0.6) is 46.0 Å². The largest absolute Gasteiger partial charge is 1.00 e. The number of carbonyl (C=O) groups is 7. The molecular formula is C88H98CsF3N10O36P2S. The van der Waals surface area contributed by atoms with E-state index in [1.807, 2.05) is 66.7 Å². The number of hydrogen-bond acceptors (Lipinski definition) is 38. The number of halogens is 3. The number of urea groups is 2. The summed E-state index contributed by atoms with van der Waals surface area (Å²) in [5, 5.41) is 55.8. The van der Waals surface area contributed by atoms with E-state index in [1.165, 1.54) is 79.5 Å². The van der Waals surface area contributed by atoms with Crippen molar-refractivity contribution >= 4 is 103 Å². The molecule has 0 saturated carbocycles. The van der Waals surface area contributed by atoms with Crippen molar-refractivity contribution in [1.82, 2.24) is 20.6 Å². The molecule has 6 amide bonds. The van der Waals surface area contributed by atoms with Crippen LogP contribution in [0.1, 0.15) is 83.5 Å². The van der Waals surface area contributed by atoms with E-state index >= 15 is 0 Å². The van der Waals surface area contributed by atoms with Crippen molar-refractivity contribution in [3.05, 3.63) is 237 Å². The molecule has 8 aromatic carbocycles. The number of anilines is 4. The minimum Gasteiger partial charge on any atom is -0.662 e. The molecule has 0 radical (unpaired) electrons. The van der Waals surface area contributed by atoms with Crippen molar-refractivity contribution in [3.8, 4) is 68.6 Å². The number of nitro groups is 2. The van der Waals surface area contributed by atoms with Gasteiger partial charge >= 0.3 is 135 Å². The molecule has 10 aromatic rings. The van der Waals surface area contributed by atoms with Crippen molar-refractivity contribution in [2.75, 3.05) is 115 Å². The average Bonchev–Trinajstić information content (AvgIpc) is 1.78. The predicted octanol–water partition coefficient (Wildman–Crippen LogP) is 12.8. The monoisotopic (exact) mass is 2150 g/mol. The normalized spacial score (nSPS) is 12.9. The zero-order valence-electron chi connectivity index (χ0n) is 77.0. The SMILES string of the molecule is CCOP(=O)(COS(=O)(=O)C(F)(F)F)OCC.CCOP(=O)(COc1c(NC(=O)Nc2cccc(CNC(=O)O[C@H]3CCOC3)c2)ccc(-c2cnco2)c1OC)OCC.COc1c(-c2cnco2)ccc(NC(=O)Nc2cccc(CNC(=O)O[C@H]3CCOC3)c2)c1OCc1ccccc1.COc1c(C=O)ccc([N+](=O)[O-])c1O.COc1c(C=O)ccc([N+](=O)[O-])c1OCc1ccccc1.O=CO[O-].[Cs+]. The number of aldehydes is 2. The number of carbonyl (C=O) groups excluding carboxylic acids is 7. The second kappa shape index (κ2) is 60.4. The van der Waals surface area contributed by atoms with Crippen molar-refractivity contribution < 1.29 is 241 Å². The van der Waals surface area contributed by atoms with Gasteiger partial charge in [0.25, 0.3) is 6.47 Å². The van der Waals surface area contributed by atoms with Crippen LogP contribution in [0, 0.1) is 20.2 Å². The molecule has 2 fully saturated rings. The van der Waals surface area contributed by atoms with E-state index in [4.69, 9.17) is 75.3 Å². The quantitative estimate of drug-likeness (QED) is 0.00356. The number of phenolic OH excluding ortho intramolecular Hbond substituents is 1. The van der Waals surface area contributed by atoms with E-state index in [0.717, 1.165) is 28.3 Å². The molecule has 2 atom stereocenters. The maximum absolute atomic E-state index is 13.1. The molecule has 2 saturated heterocycles. The van der Waals surface area contributed by atoms with E-state index in [-0.39, 0.29) is 192 Å². The fourth-order valence-electron chi connectivity index (χ4n) is 12.1. The Morgan fingerprint density at radius 1 is 0.518 bits per heavy atom. The first-order valence-corrected chi connectivity index (χ1v) is 46.4. The number of oxazole rings is 2. The van der Waals surface area contributed by atoms with Gasteiger partial charge in [0, 0.05) is 49.4 Å². The van der Waals surface area contributed by atoms with Crippen LogP contribution in [0.2, 0.25) is 0 Å². The molecular weight excluding hydrogens is 2060 g/mol. The summed E-state index contributed by atoms with van der Waals surface area (Å²) < 4.78 is 175. The molecule has 0 bridgehead atoms. The Morgan fingerprint density at radius 2 is 0.915 bits per heavy atom. The van der Waals surface area contributed by atoms with Gasteiger partial charge in [0.2, 0.25) is 11.5 Å². The summed E-state index contributed by atoms with van der Waals surface area (Å²) in [5.41, 5.74) is 0.0135. The predicted molar refractivity (Wildman–Crippen MR) is 489 cm³/mol. The van der Waals surface area contributed by atoms with Gasteiger partial charge in [-0.05, 0) is 111 Å². The van der Waals surface area contributed by atoms with Crippen LogP contribution < -0.4 is 139 Å². The number of phenols is 1. The van der Waals surface area contributed by atoms with Crippen LogP contribution in [0.15, 0.2) is 192 Å². The van der Waals surface area contributed by atoms with E-state index in [2.05, 4.69) is 64.7 Å². The number of alkyl carbamates (subject to hydrolysis) is 2. The molecule has 754 valence electrons. The number of aromatic hydroxyl groups is 1. The number of aromatic nitrogens is 2. The Morgan fingerprint density at radius 3 is 1.28 bits per heavy atom. The molecule has 0 spiro atoms. The number of hydrogen-bond donors (Lipinski definition) is 7. The molecule has 7 N–H and O–H groups in total. The molecule has 46 nitrogen and oxygen atoms in total. The van der Waals surface area contributed by atoms with Crippen LogP contribution in [0.25, 0.3) is 22.6 Å². The molecule has 0 unspecified atom stereocenters. The minimum atomic E-state index is -5.80. The number of methoxy groups -OCH3 is 4. The Hall–Kier alpha value is -12.8. The third-order valence-corrected chi connectivity index (χ3v) is 22.9. The van der Waals surface area contributed by atoms with E-state index in [1.54, 1.807) is 86.8 Å². The molecule has 2 aliphatic rings. The smallest absolute Gasteiger partial charge is 0.662 e. The summed E-state index contributed by atoms with van der Waals surface area (Å²) in [6, 6.07) is 43.4. The van der Waals surface area contributed by atoms with Crippen LogP contribution in [-0.4, -0.2) is 188 Å². The molecule has 0 aliphatic carbocycles. The second-order valence-electron chi connectivity index (χ2n) is 27.7. The third-order valence-electron chi connectivity index (χ3n) is 18.2. The van der Waals surface area contributed by atoms with Crippen LogP contribution in [-0.2, 0) is 96.5 Å². The average molecular weight is 2160 g/mol. The van der Waals surface area contributed by atoms with Gasteiger partial charge in [0.05, 0.1) is 137 Å². The summed E-state index contributed by atoms with van der Waals surface area (Å²) in [7, 11) is -7.91. The zero-order chi connectivity index (χ0) is 102. The Labute approximate surface area is 862 Å². The van der Waals surface area contributed by atoms with Crippen LogP contribution in [0.4, 0.5) is 66.5 Å². The number of nitrogens with one attached hydrogen (secondary N) is 6. The number of ether oxygens (including phenoxy) is 11. The molecule has 12 rings (SSSR count). The number of benzene rings is 8. The first-order chi connectivity index (χ1) is 67.2. The van der Waals surface area contributed by atoms with E-state index in [9.17, 15) is 84.8 Å². The standard InChI is InChI=1S/C30H30N4O7.C28H35N4O10P.C15H13NO5.C8H7NO5.C6H12F3O6PS.CH2O3.Cs/c1-37-27-24(26-16-31-19-40-26)10-11-25(28(27)39-17-20-6-3-2-4-7-20)34-29(35)33-22-9-5-8-21(14-22)15-32-30(36)41-23-12-13-38-18-23;1-4-40-43(35,41-5-2)18-39-26-23(10-9-22(25(26)36-3)24-15-29-17-38-24)32-27(33)31-20-8-6-7-19(13-20)14-30-28(34)42-21-11-12-37-16-21;1-20-14-12(9-17)7-8-13(16(18)19)15(14)21-10-11-5-3-2-4-6-11;1-14-8-5(4-10)2-3-6(7(8)11)9(12)13;1-3-13-16(10,14-4-2)5-15-17(11,12)6(7,8)9;2-1-4-3;/h2-11,14,16,19,23H,12-13,15,17-18H2,1H3,(H,32,36)(H2,33,34,35);6-10,13,15,17,21H,4-5,11-12,14,16,18H2,1-3H3,(H,30,34)(H2,31,32,33);2-9H,10H2,1H3;2-4,11H,1H3;3-5H2,1-2H3;1,3H;/q;;;;;;+1/p-1/t23-;21-;;;;;/m00...../s1. The van der Waals surface area contributed by atoms with Crippen LogP contribution >= 0.6 is 15.2 Å². The van der Waals surface area contributed by atoms with E-state index in [0.29, 0.717) is 103 Å². The van der Waals surface area contributed by atoms with Gasteiger partial charge in [-0.2, -0.15) is 21.6 Å². The maximum Gasteiger partial charge on any atom is 1.00 e. The number of nitro benzene ring substituents is 2. The molecule has 2 aromatic heterocycles. The fourth-order valence-corrected chi connectivity index (χ4v) is 15.6. The van der Waals surface area contributed by atoms with Gasteiger partial charge in [-0.15, -0.1) is 0 Å². The second-order valence-corrected chi connectivity index (χ2v) is 33.3. The summed E-state index contributed by atoms with van der Waals surface area (Å²) >= 11 is 0. The zero-order valence-corrected chi connectivity index (χ0v) is 85.9. The van der Waals surface area contributed by atoms with Gasteiger partial charge in [-0.1, -0.05) is 84.9 Å². The Balaban J connectivity index is 0.000000284. The topological polar surface area (TPSA) is 598 Å². The Bertz CT molecular complexity index is 5900. The number of alkyl halides is 3. The molecule has 53 heteroatoms. The van der Waals surface area contributed by atoms with Crippen molar-refractivity contribution in [3.63, 3.8) is 0 Å². The van der Waals surface area contributed by atoms with Crippen molar-refractivity contribution in [1.29, 1.82) is 0 Å². The van der Waals surface area contributed by atoms with E-state index < -0.39 is 89.0 Å². The molecule has 2 aliphatic heterocycles. The number of rotatable bonds is 41. The third kappa shape index (κ3) is 37.6. The van der Waals surface area contributed by atoms with Crippen molar-refractivity contribution in [2.45, 2.75) is 84.6 Å². The minimum absolute atomic E-state index is 0. The summed E-state index contributed by atoms with van der Waals surface area (Å²) in [6.07, 6.45) is 4.76. The number of amides is 6. The van der Waals surface area contributed by atoms with Gasteiger partial charge in [-0.25, -0.2) is 29.1 Å². The fraction of sp³-hybridized carbons (Fsp3) is 0.307. The van der Waals surface area contributed by atoms with Crippen LogP contribution in [0.3, 0.4) is 0 Å². The van der Waals surface area contributed by atoms with Crippen molar-refractivity contribution in [2.24, 2.45) is 0 Å². The maximum atomic E-state index is 13.1. The molecule has 4 heterocycles. The first kappa shape index (κ1) is 117. The van der Waals surface area contributed by atoms with Gasteiger partial charge < -0.3 is 126 Å². The van der Waals surface area contributed by atoms with Gasteiger partial charge in [0.1, 0.15) is 25.4 Å². The Kier molecular flexibility index (Phi) is 50.1. The summed E-state index contributed by atoms with van der Waals surface area (Å²) in [6.45, 7) is 8.89. The molecule has 141 heavy (non-hydrogen) atoms. The first-order valence-electron chi connectivity index (χ1n) is 41.5. The van der Waals surface area contributed by atoms with Gasteiger partial charge in [0.15, 0.2) is 84.1 Å². The number of nitrogens with zero attached hydrogens (tertiary/aromatic N) is 4. The van der Waals surface area contributed by atoms with Gasteiger partial charge in [-0.3, -0.25) is 47.9 Å². The summed E-state index contributed by atoms with van der Waals surface area (Å²) in [4.78, 5) is 111.